The summed E-state index contributed by atoms with van der Waals surface area (Å²) in [6.07, 6.45) is 0. The summed E-state index contributed by atoms with van der Waals surface area (Å²) in [5.74, 6) is -1.18. The number of benzene rings is 1. The summed E-state index contributed by atoms with van der Waals surface area (Å²) in [4.78, 5) is 23.1. The van der Waals surface area contributed by atoms with Crippen molar-refractivity contribution < 1.29 is 14.7 Å². The van der Waals surface area contributed by atoms with Crippen LogP contribution >= 0.6 is 0 Å². The van der Waals surface area contributed by atoms with E-state index in [9.17, 15) is 9.59 Å². The maximum absolute atomic E-state index is 12.3. The predicted octanol–water partition coefficient (Wildman–Crippen LogP) is 3.08. The van der Waals surface area contributed by atoms with Crippen molar-refractivity contribution in [3.63, 3.8) is 0 Å². The zero-order valence-corrected chi connectivity index (χ0v) is 12.3. The van der Waals surface area contributed by atoms with Crippen molar-refractivity contribution >= 4 is 17.6 Å². The number of aryl methyl sites for hydroxylation is 1. The second-order valence-corrected chi connectivity index (χ2v) is 4.87. The Morgan fingerprint density at radius 3 is 2.29 bits per heavy atom. The van der Waals surface area contributed by atoms with E-state index < -0.39 is 5.97 Å². The number of aromatic nitrogens is 1. The summed E-state index contributed by atoms with van der Waals surface area (Å²) in [6.45, 7) is 6.73. The third-order valence-corrected chi connectivity index (χ3v) is 3.52. The van der Waals surface area contributed by atoms with Crippen LogP contribution in [0.3, 0.4) is 0 Å². The van der Waals surface area contributed by atoms with Gasteiger partial charge in [-0.1, -0.05) is 0 Å². The quantitative estimate of drug-likeness (QED) is 0.907. The lowest BCUT2D eigenvalue weighted by Crippen LogP contribution is -2.13. The molecule has 0 saturated heterocycles. The topological polar surface area (TPSA) is 71.3 Å². The van der Waals surface area contributed by atoms with Crippen LogP contribution in [0.25, 0.3) is 0 Å². The van der Waals surface area contributed by atoms with E-state index >= 15 is 0 Å². The molecule has 0 fully saturated rings. The molecule has 1 amide bonds. The van der Waals surface area contributed by atoms with Gasteiger partial charge in [-0.05, 0) is 51.1 Å². The fourth-order valence-corrected chi connectivity index (χ4v) is 2.41. The fraction of sp³-hybridized carbons (Fsp3) is 0.250. The molecule has 2 rings (SSSR count). The minimum Gasteiger partial charge on any atom is -0.478 e. The van der Waals surface area contributed by atoms with Crippen molar-refractivity contribution in [2.75, 3.05) is 5.32 Å². The molecular formula is C16H18N2O3. The first kappa shape index (κ1) is 14.8. The van der Waals surface area contributed by atoms with E-state index in [1.165, 1.54) is 12.1 Å². The molecule has 1 heterocycles. The molecule has 5 nitrogen and oxygen atoms in total. The summed E-state index contributed by atoms with van der Waals surface area (Å²) in [6, 6.07) is 7.96. The third-order valence-electron chi connectivity index (χ3n) is 3.52. The third kappa shape index (κ3) is 2.97. The number of carbonyl (C=O) groups is 2. The highest BCUT2D eigenvalue weighted by Crippen LogP contribution is 2.17. The van der Waals surface area contributed by atoms with Gasteiger partial charge < -0.3 is 15.0 Å². The highest BCUT2D eigenvalue weighted by atomic mass is 16.4. The lowest BCUT2D eigenvalue weighted by atomic mass is 10.2. The van der Waals surface area contributed by atoms with Crippen LogP contribution in [-0.4, -0.2) is 21.6 Å². The average Bonchev–Trinajstić information content (AvgIpc) is 2.74. The van der Waals surface area contributed by atoms with Crippen molar-refractivity contribution in [3.8, 4) is 0 Å². The summed E-state index contributed by atoms with van der Waals surface area (Å²) >= 11 is 0. The molecule has 5 heteroatoms. The van der Waals surface area contributed by atoms with E-state index in [1.54, 1.807) is 12.1 Å². The van der Waals surface area contributed by atoms with E-state index in [0.717, 1.165) is 17.9 Å². The molecular weight excluding hydrogens is 268 g/mol. The maximum Gasteiger partial charge on any atom is 0.335 e. The van der Waals surface area contributed by atoms with Crippen molar-refractivity contribution in [1.29, 1.82) is 0 Å². The van der Waals surface area contributed by atoms with Gasteiger partial charge in [0.15, 0.2) is 0 Å². The first-order chi connectivity index (χ1) is 9.93. The number of anilines is 1. The first-order valence-corrected chi connectivity index (χ1v) is 6.75. The van der Waals surface area contributed by atoms with Gasteiger partial charge in [0.2, 0.25) is 0 Å². The Bertz CT molecular complexity index is 684. The number of nitrogens with zero attached hydrogens (tertiary/aromatic N) is 1. The molecule has 0 radical (unpaired) electrons. The summed E-state index contributed by atoms with van der Waals surface area (Å²) < 4.78 is 2.07. The van der Waals surface area contributed by atoms with Crippen LogP contribution in [0.15, 0.2) is 30.3 Å². The van der Waals surface area contributed by atoms with Crippen molar-refractivity contribution in [1.82, 2.24) is 4.57 Å². The first-order valence-electron chi connectivity index (χ1n) is 6.75. The minimum atomic E-state index is -0.987. The number of hydrogen-bond acceptors (Lipinski definition) is 2. The molecule has 0 spiro atoms. The normalized spacial score (nSPS) is 10.4. The van der Waals surface area contributed by atoms with Crippen LogP contribution in [0, 0.1) is 13.8 Å². The summed E-state index contributed by atoms with van der Waals surface area (Å²) in [5.41, 5.74) is 3.37. The molecule has 0 bridgehead atoms. The second-order valence-electron chi connectivity index (χ2n) is 4.87. The molecule has 21 heavy (non-hydrogen) atoms. The SMILES string of the molecule is CCn1c(C)cc(C(=O)Nc2ccc(C(=O)O)cc2)c1C. The zero-order valence-electron chi connectivity index (χ0n) is 12.3. The molecule has 1 aromatic heterocycles. The summed E-state index contributed by atoms with van der Waals surface area (Å²) in [5, 5.41) is 11.6. The lowest BCUT2D eigenvalue weighted by molar-refractivity contribution is 0.0696. The van der Waals surface area contributed by atoms with Gasteiger partial charge in [0.05, 0.1) is 11.1 Å². The average molecular weight is 286 g/mol. The van der Waals surface area contributed by atoms with Gasteiger partial charge in [-0.25, -0.2) is 4.79 Å². The maximum atomic E-state index is 12.3. The Labute approximate surface area is 123 Å². The molecule has 2 N–H and O–H groups in total. The standard InChI is InChI=1S/C16H18N2O3/c1-4-18-10(2)9-14(11(18)3)15(19)17-13-7-5-12(6-8-13)16(20)21/h5-9H,4H2,1-3H3,(H,17,19)(H,20,21). The molecule has 2 aromatic rings. The Kier molecular flexibility index (Phi) is 4.12. The Hall–Kier alpha value is -2.56. The van der Waals surface area contributed by atoms with E-state index in [0.29, 0.717) is 11.3 Å². The van der Waals surface area contributed by atoms with Gasteiger partial charge in [-0.3, -0.25) is 4.79 Å². The van der Waals surface area contributed by atoms with E-state index in [4.69, 9.17) is 5.11 Å². The van der Waals surface area contributed by atoms with Crippen LogP contribution < -0.4 is 5.32 Å². The van der Waals surface area contributed by atoms with E-state index in [-0.39, 0.29) is 11.5 Å². The van der Waals surface area contributed by atoms with Crippen molar-refractivity contribution in [2.24, 2.45) is 0 Å². The monoisotopic (exact) mass is 286 g/mol. The highest BCUT2D eigenvalue weighted by molar-refractivity contribution is 6.05. The minimum absolute atomic E-state index is 0.189. The smallest absolute Gasteiger partial charge is 0.335 e. The largest absolute Gasteiger partial charge is 0.478 e. The van der Waals surface area contributed by atoms with Gasteiger partial charge in [-0.2, -0.15) is 0 Å². The van der Waals surface area contributed by atoms with Gasteiger partial charge in [0.1, 0.15) is 0 Å². The van der Waals surface area contributed by atoms with E-state index in [1.807, 2.05) is 26.8 Å². The van der Waals surface area contributed by atoms with Gasteiger partial charge >= 0.3 is 5.97 Å². The number of amides is 1. The number of rotatable bonds is 4. The fourth-order valence-electron chi connectivity index (χ4n) is 2.41. The van der Waals surface area contributed by atoms with Crippen molar-refractivity contribution in [2.45, 2.75) is 27.3 Å². The molecule has 0 saturated carbocycles. The molecule has 110 valence electrons. The lowest BCUT2D eigenvalue weighted by Gasteiger charge is -2.07. The van der Waals surface area contributed by atoms with Crippen LogP contribution in [-0.2, 0) is 6.54 Å². The number of carbonyl (C=O) groups excluding carboxylic acids is 1. The number of carboxylic acids is 1. The number of nitrogens with one attached hydrogen (secondary N) is 1. The van der Waals surface area contributed by atoms with Gasteiger partial charge in [0.25, 0.3) is 5.91 Å². The highest BCUT2D eigenvalue weighted by Gasteiger charge is 2.15. The molecule has 0 aliphatic carbocycles. The molecule has 1 aromatic carbocycles. The van der Waals surface area contributed by atoms with Crippen molar-refractivity contribution in [3.05, 3.63) is 52.8 Å². The van der Waals surface area contributed by atoms with Crippen LogP contribution in [0.1, 0.15) is 39.0 Å². The number of carboxylic acid groups (broad SMARTS) is 1. The second kappa shape index (κ2) is 5.83. The van der Waals surface area contributed by atoms with Crippen LogP contribution in [0.5, 0.6) is 0 Å². The van der Waals surface area contributed by atoms with Crippen LogP contribution in [0.2, 0.25) is 0 Å². The number of hydrogen-bond donors (Lipinski definition) is 2. The molecule has 0 aliphatic rings. The van der Waals surface area contributed by atoms with Gasteiger partial charge in [0, 0.05) is 23.6 Å². The Balaban J connectivity index is 2.20. The van der Waals surface area contributed by atoms with Gasteiger partial charge in [-0.15, -0.1) is 0 Å². The Morgan fingerprint density at radius 2 is 1.81 bits per heavy atom. The molecule has 0 unspecified atom stereocenters. The molecule has 0 atom stereocenters. The van der Waals surface area contributed by atoms with E-state index in [2.05, 4.69) is 9.88 Å². The Morgan fingerprint density at radius 1 is 1.19 bits per heavy atom. The summed E-state index contributed by atoms with van der Waals surface area (Å²) in [7, 11) is 0. The number of aromatic carboxylic acids is 1. The van der Waals surface area contributed by atoms with Crippen LogP contribution in [0.4, 0.5) is 5.69 Å². The molecule has 0 aliphatic heterocycles. The predicted molar refractivity (Wildman–Crippen MR) is 80.9 cm³/mol. The zero-order chi connectivity index (χ0) is 15.6.